The molecular weight excluding hydrogens is 322 g/mol. The van der Waals surface area contributed by atoms with Gasteiger partial charge in [-0.15, -0.1) is 11.3 Å². The zero-order valence-electron chi connectivity index (χ0n) is 11.8. The third-order valence-electron chi connectivity index (χ3n) is 3.15. The van der Waals surface area contributed by atoms with Gasteiger partial charge in [0.1, 0.15) is 5.76 Å². The fraction of sp³-hybridized carbons (Fsp3) is 0.200. The Morgan fingerprint density at radius 2 is 2.32 bits per heavy atom. The molecule has 7 heteroatoms. The lowest BCUT2D eigenvalue weighted by Gasteiger charge is -2.10. The van der Waals surface area contributed by atoms with Crippen LogP contribution in [0.3, 0.4) is 0 Å². The van der Waals surface area contributed by atoms with Gasteiger partial charge in [0.15, 0.2) is 5.76 Å². The molecule has 3 heterocycles. The molecule has 5 nitrogen and oxygen atoms in total. The van der Waals surface area contributed by atoms with E-state index in [1.807, 2.05) is 29.8 Å². The number of aromatic nitrogens is 2. The van der Waals surface area contributed by atoms with E-state index in [0.717, 1.165) is 4.88 Å². The number of thiophene rings is 1. The molecule has 0 saturated carbocycles. The van der Waals surface area contributed by atoms with Crippen LogP contribution in [0.5, 0.6) is 0 Å². The first-order valence-electron chi connectivity index (χ1n) is 6.72. The van der Waals surface area contributed by atoms with E-state index in [0.29, 0.717) is 22.4 Å². The zero-order chi connectivity index (χ0) is 15.5. The normalized spacial score (nSPS) is 12.3. The van der Waals surface area contributed by atoms with Crippen molar-refractivity contribution in [3.63, 3.8) is 0 Å². The maximum Gasteiger partial charge on any atom is 0.287 e. The van der Waals surface area contributed by atoms with Crippen molar-refractivity contribution in [3.05, 3.63) is 63.7 Å². The standard InChI is InChI=1S/C15H14ClN3O2S/c1-10(13-4-5-14(16)22-13)18-15(20)12-3-2-11(21-12)8-19-7-6-17-9-19/h2-7,9-10H,8H2,1H3,(H,18,20). The Labute approximate surface area is 136 Å². The highest BCUT2D eigenvalue weighted by molar-refractivity contribution is 7.16. The molecule has 3 aromatic heterocycles. The smallest absolute Gasteiger partial charge is 0.287 e. The molecule has 3 aromatic rings. The van der Waals surface area contributed by atoms with Gasteiger partial charge in [-0.1, -0.05) is 11.6 Å². The molecule has 1 N–H and O–H groups in total. The quantitative estimate of drug-likeness (QED) is 0.772. The Bertz CT molecular complexity index is 763. The third-order valence-corrected chi connectivity index (χ3v) is 4.57. The van der Waals surface area contributed by atoms with Gasteiger partial charge in [0.25, 0.3) is 5.91 Å². The summed E-state index contributed by atoms with van der Waals surface area (Å²) in [4.78, 5) is 17.2. The van der Waals surface area contributed by atoms with Crippen molar-refractivity contribution in [3.8, 4) is 0 Å². The summed E-state index contributed by atoms with van der Waals surface area (Å²) in [6.45, 7) is 2.46. The van der Waals surface area contributed by atoms with Crippen LogP contribution < -0.4 is 5.32 Å². The molecule has 3 rings (SSSR count). The van der Waals surface area contributed by atoms with E-state index in [4.69, 9.17) is 16.0 Å². The number of nitrogens with one attached hydrogen (secondary N) is 1. The molecule has 0 radical (unpaired) electrons. The Morgan fingerprint density at radius 1 is 1.45 bits per heavy atom. The van der Waals surface area contributed by atoms with Crippen LogP contribution in [0.1, 0.15) is 34.2 Å². The summed E-state index contributed by atoms with van der Waals surface area (Å²) < 4.78 is 8.15. The number of carbonyl (C=O) groups excluding carboxylic acids is 1. The maximum atomic E-state index is 12.2. The predicted octanol–water partition coefficient (Wildman–Crippen LogP) is 3.73. The topological polar surface area (TPSA) is 60.1 Å². The molecule has 0 bridgehead atoms. The van der Waals surface area contributed by atoms with Gasteiger partial charge in [0, 0.05) is 17.3 Å². The van der Waals surface area contributed by atoms with Crippen molar-refractivity contribution in [1.82, 2.24) is 14.9 Å². The Morgan fingerprint density at radius 3 is 3.00 bits per heavy atom. The van der Waals surface area contributed by atoms with Crippen molar-refractivity contribution in [1.29, 1.82) is 0 Å². The second kappa shape index (κ2) is 6.37. The Balaban J connectivity index is 1.64. The van der Waals surface area contributed by atoms with Crippen LogP contribution in [0.25, 0.3) is 0 Å². The van der Waals surface area contributed by atoms with Gasteiger partial charge in [0.2, 0.25) is 0 Å². The second-order valence-electron chi connectivity index (χ2n) is 4.84. The largest absolute Gasteiger partial charge is 0.454 e. The van der Waals surface area contributed by atoms with Crippen LogP contribution in [0.15, 0.2) is 47.4 Å². The molecule has 1 amide bonds. The molecule has 1 unspecified atom stereocenters. The summed E-state index contributed by atoms with van der Waals surface area (Å²) in [6.07, 6.45) is 5.24. The number of amides is 1. The summed E-state index contributed by atoms with van der Waals surface area (Å²) in [5, 5.41) is 2.90. The monoisotopic (exact) mass is 335 g/mol. The molecule has 114 valence electrons. The number of nitrogens with zero attached hydrogens (tertiary/aromatic N) is 2. The van der Waals surface area contributed by atoms with E-state index >= 15 is 0 Å². The number of halogens is 1. The fourth-order valence-electron chi connectivity index (χ4n) is 2.05. The van der Waals surface area contributed by atoms with E-state index in [2.05, 4.69) is 10.3 Å². The van der Waals surface area contributed by atoms with Gasteiger partial charge in [-0.3, -0.25) is 4.79 Å². The van der Waals surface area contributed by atoms with Gasteiger partial charge in [0.05, 0.1) is 23.3 Å². The summed E-state index contributed by atoms with van der Waals surface area (Å²) in [7, 11) is 0. The van der Waals surface area contributed by atoms with E-state index in [1.165, 1.54) is 11.3 Å². The number of furan rings is 1. The summed E-state index contributed by atoms with van der Waals surface area (Å²) in [5.41, 5.74) is 0. The fourth-order valence-corrected chi connectivity index (χ4v) is 3.11. The van der Waals surface area contributed by atoms with Crippen molar-refractivity contribution in [2.75, 3.05) is 0 Å². The van der Waals surface area contributed by atoms with Crippen molar-refractivity contribution < 1.29 is 9.21 Å². The minimum absolute atomic E-state index is 0.118. The van der Waals surface area contributed by atoms with Gasteiger partial charge in [-0.25, -0.2) is 4.98 Å². The molecule has 0 spiro atoms. The van der Waals surface area contributed by atoms with Crippen LogP contribution in [0.4, 0.5) is 0 Å². The summed E-state index contributed by atoms with van der Waals surface area (Å²) in [5.74, 6) is 0.758. The molecule has 0 aromatic carbocycles. The molecule has 22 heavy (non-hydrogen) atoms. The van der Waals surface area contributed by atoms with Gasteiger partial charge < -0.3 is 14.3 Å². The van der Waals surface area contributed by atoms with E-state index < -0.39 is 0 Å². The first-order valence-corrected chi connectivity index (χ1v) is 7.92. The minimum Gasteiger partial charge on any atom is -0.454 e. The SMILES string of the molecule is CC(NC(=O)c1ccc(Cn2ccnc2)o1)c1ccc(Cl)s1. The molecule has 0 aliphatic carbocycles. The van der Waals surface area contributed by atoms with Crippen LogP contribution in [0.2, 0.25) is 4.34 Å². The van der Waals surface area contributed by atoms with Gasteiger partial charge >= 0.3 is 0 Å². The highest BCUT2D eigenvalue weighted by Gasteiger charge is 2.16. The Hall–Kier alpha value is -2.05. The van der Waals surface area contributed by atoms with E-state index in [-0.39, 0.29) is 11.9 Å². The average Bonchev–Trinajstić information content (AvgIpc) is 3.20. The second-order valence-corrected chi connectivity index (χ2v) is 6.58. The maximum absolute atomic E-state index is 12.2. The van der Waals surface area contributed by atoms with Gasteiger partial charge in [-0.2, -0.15) is 0 Å². The number of imidazole rings is 1. The highest BCUT2D eigenvalue weighted by atomic mass is 35.5. The predicted molar refractivity (Wildman–Crippen MR) is 85.2 cm³/mol. The number of hydrogen-bond donors (Lipinski definition) is 1. The van der Waals surface area contributed by atoms with Crippen LogP contribution in [0, 0.1) is 0 Å². The molecule has 0 fully saturated rings. The number of rotatable bonds is 5. The third kappa shape index (κ3) is 3.40. The highest BCUT2D eigenvalue weighted by Crippen LogP contribution is 2.26. The van der Waals surface area contributed by atoms with Crippen molar-refractivity contribution in [2.45, 2.75) is 19.5 Å². The van der Waals surface area contributed by atoms with Crippen LogP contribution >= 0.6 is 22.9 Å². The molecular formula is C15H14ClN3O2S. The Kier molecular flexibility index (Phi) is 4.31. The van der Waals surface area contributed by atoms with Crippen molar-refractivity contribution >= 4 is 28.8 Å². The molecule has 0 aliphatic heterocycles. The van der Waals surface area contributed by atoms with E-state index in [9.17, 15) is 4.79 Å². The lowest BCUT2D eigenvalue weighted by molar-refractivity contribution is 0.0910. The lowest BCUT2D eigenvalue weighted by atomic mass is 10.2. The number of carbonyl (C=O) groups is 1. The molecule has 1 atom stereocenters. The van der Waals surface area contributed by atoms with Crippen LogP contribution in [-0.4, -0.2) is 15.5 Å². The minimum atomic E-state index is -0.242. The number of hydrogen-bond acceptors (Lipinski definition) is 4. The van der Waals surface area contributed by atoms with Crippen molar-refractivity contribution in [2.24, 2.45) is 0 Å². The molecule has 0 aliphatic rings. The first kappa shape index (κ1) is 14.9. The summed E-state index contributed by atoms with van der Waals surface area (Å²) >= 11 is 7.36. The molecule has 0 saturated heterocycles. The average molecular weight is 336 g/mol. The van der Waals surface area contributed by atoms with Crippen LogP contribution in [-0.2, 0) is 6.54 Å². The van der Waals surface area contributed by atoms with Gasteiger partial charge in [-0.05, 0) is 31.2 Å². The zero-order valence-corrected chi connectivity index (χ0v) is 13.4. The first-order chi connectivity index (χ1) is 10.6. The van der Waals surface area contributed by atoms with E-state index in [1.54, 1.807) is 24.7 Å². The lowest BCUT2D eigenvalue weighted by Crippen LogP contribution is -2.25. The summed E-state index contributed by atoms with van der Waals surface area (Å²) in [6, 6.07) is 7.08.